The molecule has 154 valence electrons. The summed E-state index contributed by atoms with van der Waals surface area (Å²) in [6, 6.07) is 1.84. The number of aliphatic hydroxyl groups is 1. The molecule has 0 bridgehead atoms. The van der Waals surface area contributed by atoms with E-state index in [9.17, 15) is 15.0 Å². The minimum absolute atomic E-state index is 0.0486. The zero-order valence-corrected chi connectivity index (χ0v) is 16.4. The summed E-state index contributed by atoms with van der Waals surface area (Å²) in [5.41, 5.74) is 0.686. The fourth-order valence-corrected chi connectivity index (χ4v) is 2.83. The summed E-state index contributed by atoms with van der Waals surface area (Å²) >= 11 is 0. The molecule has 10 heteroatoms. The second-order valence-corrected chi connectivity index (χ2v) is 8.28. The second kappa shape index (κ2) is 7.36. The van der Waals surface area contributed by atoms with E-state index >= 15 is 0 Å². The van der Waals surface area contributed by atoms with Gasteiger partial charge in [0.2, 0.25) is 5.88 Å². The number of nitrogens with one attached hydrogen (secondary N) is 3. The molecule has 3 aromatic rings. The summed E-state index contributed by atoms with van der Waals surface area (Å²) in [5, 5.41) is 27.6. The number of aliphatic hydroxyl groups excluding tert-OH is 1. The first-order chi connectivity index (χ1) is 13.8. The monoisotopic (exact) mass is 399 g/mol. The molecule has 5 N–H and O–H groups in total. The lowest BCUT2D eigenvalue weighted by atomic mass is 9.95. The van der Waals surface area contributed by atoms with Crippen LogP contribution in [0.3, 0.4) is 0 Å². The van der Waals surface area contributed by atoms with E-state index in [1.165, 1.54) is 12.8 Å². The van der Waals surface area contributed by atoms with Gasteiger partial charge in [0.15, 0.2) is 11.1 Å². The van der Waals surface area contributed by atoms with Crippen molar-refractivity contribution in [3.63, 3.8) is 0 Å². The highest BCUT2D eigenvalue weighted by Crippen LogP contribution is 2.28. The van der Waals surface area contributed by atoms with Gasteiger partial charge in [0, 0.05) is 36.4 Å². The van der Waals surface area contributed by atoms with Crippen LogP contribution in [0.4, 0.5) is 5.82 Å². The van der Waals surface area contributed by atoms with E-state index in [0.717, 1.165) is 6.54 Å². The zero-order valence-electron chi connectivity index (χ0n) is 16.4. The highest BCUT2D eigenvalue weighted by molar-refractivity contribution is 5.57. The van der Waals surface area contributed by atoms with Crippen LogP contribution in [0.2, 0.25) is 0 Å². The number of hydrogen-bond acceptors (Lipinski definition) is 7. The molecular weight excluding hydrogens is 374 g/mol. The Kier molecular flexibility index (Phi) is 4.87. The molecule has 3 heterocycles. The zero-order chi connectivity index (χ0) is 20.6. The maximum Gasteiger partial charge on any atom is 0.326 e. The van der Waals surface area contributed by atoms with Gasteiger partial charge in [-0.2, -0.15) is 9.61 Å². The van der Waals surface area contributed by atoms with Crippen LogP contribution in [0.5, 0.6) is 5.88 Å². The molecule has 0 unspecified atom stereocenters. The number of aromatic nitrogens is 5. The average molecular weight is 399 g/mol. The topological polar surface area (TPSA) is 144 Å². The molecule has 1 saturated carbocycles. The third-order valence-corrected chi connectivity index (χ3v) is 4.90. The van der Waals surface area contributed by atoms with Crippen molar-refractivity contribution in [1.29, 1.82) is 0 Å². The van der Waals surface area contributed by atoms with Crippen molar-refractivity contribution in [2.24, 2.45) is 16.3 Å². The summed E-state index contributed by atoms with van der Waals surface area (Å²) in [5.74, 6) is 1.01. The first-order valence-corrected chi connectivity index (χ1v) is 9.62. The molecule has 0 saturated heterocycles. The average Bonchev–Trinajstić information content (AvgIpc) is 3.35. The second-order valence-electron chi connectivity index (χ2n) is 8.28. The van der Waals surface area contributed by atoms with E-state index in [4.69, 9.17) is 4.99 Å². The van der Waals surface area contributed by atoms with Crippen molar-refractivity contribution in [1.82, 2.24) is 24.6 Å². The third kappa shape index (κ3) is 4.32. The normalized spacial score (nSPS) is 16.1. The number of anilines is 1. The van der Waals surface area contributed by atoms with E-state index < -0.39 is 5.69 Å². The number of nitrogens with zero attached hydrogens (tertiary/aromatic N) is 4. The number of aromatic hydroxyl groups is 1. The van der Waals surface area contributed by atoms with Crippen molar-refractivity contribution in [3.8, 4) is 5.88 Å². The first-order valence-electron chi connectivity index (χ1n) is 9.62. The number of fused-ring (bicyclic) bond motifs is 1. The number of hydrogen-bond donors (Lipinski definition) is 5. The number of imidazole rings is 1. The summed E-state index contributed by atoms with van der Waals surface area (Å²) in [4.78, 5) is 25.6. The smallest absolute Gasteiger partial charge is 0.326 e. The molecule has 0 aliphatic heterocycles. The van der Waals surface area contributed by atoms with Crippen LogP contribution in [0.25, 0.3) is 11.7 Å². The standard InChI is InChI=1S/C19H25N7O3/c1-19(2,10-27)9-21-14-6-15(20-7-11-3-4-11)26-16(24-14)12(8-22-26)5-13-17(28)25-18(29)23-13/h5-6,8,11,21,27-28H,3-4,7,9-10H2,1-2H3,(H2,23,25,29)/b12-5+,20-15?. The maximum absolute atomic E-state index is 11.4. The summed E-state index contributed by atoms with van der Waals surface area (Å²) in [6.07, 6.45) is 5.62. The molecule has 29 heavy (non-hydrogen) atoms. The van der Waals surface area contributed by atoms with Gasteiger partial charge in [0.1, 0.15) is 11.5 Å². The Bertz CT molecular complexity index is 1200. The van der Waals surface area contributed by atoms with Crippen LogP contribution in [0, 0.1) is 11.3 Å². The van der Waals surface area contributed by atoms with E-state index in [1.54, 1.807) is 16.8 Å². The fourth-order valence-electron chi connectivity index (χ4n) is 2.83. The van der Waals surface area contributed by atoms with Crippen molar-refractivity contribution in [2.75, 3.05) is 25.0 Å². The van der Waals surface area contributed by atoms with Gasteiger partial charge < -0.3 is 20.5 Å². The molecule has 10 nitrogen and oxygen atoms in total. The molecule has 1 aliphatic rings. The Hall–Kier alpha value is -3.14. The van der Waals surface area contributed by atoms with Gasteiger partial charge in [0.25, 0.3) is 0 Å². The summed E-state index contributed by atoms with van der Waals surface area (Å²) in [6.45, 7) is 5.24. The lowest BCUT2D eigenvalue weighted by Crippen LogP contribution is -2.28. The van der Waals surface area contributed by atoms with Gasteiger partial charge in [-0.3, -0.25) is 9.98 Å². The highest BCUT2D eigenvalue weighted by Gasteiger charge is 2.20. The van der Waals surface area contributed by atoms with Crippen molar-refractivity contribution >= 4 is 17.5 Å². The Morgan fingerprint density at radius 1 is 1.41 bits per heavy atom. The molecule has 0 atom stereocenters. The molecule has 0 amide bonds. The van der Waals surface area contributed by atoms with Crippen LogP contribution in [0.15, 0.2) is 22.1 Å². The Morgan fingerprint density at radius 3 is 2.86 bits per heavy atom. The lowest BCUT2D eigenvalue weighted by molar-refractivity contribution is 0.170. The van der Waals surface area contributed by atoms with Crippen LogP contribution in [-0.4, -0.2) is 54.5 Å². The molecule has 0 spiro atoms. The Labute approximate surface area is 166 Å². The predicted molar refractivity (Wildman–Crippen MR) is 107 cm³/mol. The van der Waals surface area contributed by atoms with Crippen LogP contribution >= 0.6 is 0 Å². The van der Waals surface area contributed by atoms with Crippen LogP contribution in [-0.2, 0) is 0 Å². The Morgan fingerprint density at radius 2 is 2.21 bits per heavy atom. The fraction of sp³-hybridized carbons (Fsp3) is 0.474. The molecule has 1 fully saturated rings. The molecular formula is C19H25N7O3. The Balaban J connectivity index is 1.81. The molecule has 4 rings (SSSR count). The molecule has 0 radical (unpaired) electrons. The van der Waals surface area contributed by atoms with Crippen LogP contribution in [0.1, 0.15) is 32.4 Å². The minimum atomic E-state index is -0.494. The van der Waals surface area contributed by atoms with Gasteiger partial charge in [-0.1, -0.05) is 13.8 Å². The van der Waals surface area contributed by atoms with Crippen molar-refractivity contribution < 1.29 is 10.2 Å². The van der Waals surface area contributed by atoms with Crippen molar-refractivity contribution in [3.05, 3.63) is 39.1 Å². The third-order valence-electron chi connectivity index (χ3n) is 4.90. The quantitative estimate of drug-likeness (QED) is 0.370. The van der Waals surface area contributed by atoms with Crippen LogP contribution < -0.4 is 21.7 Å². The predicted octanol–water partition coefficient (Wildman–Crippen LogP) is -0.260. The van der Waals surface area contributed by atoms with Gasteiger partial charge in [-0.05, 0) is 24.8 Å². The van der Waals surface area contributed by atoms with E-state index in [1.807, 2.05) is 19.9 Å². The SMILES string of the molecule is CC(C)(CO)CNc1cc(=NCC2CC2)n2nc/c(=C\c3[nH]c(=O)[nH]c3O)c2n1. The number of aromatic amines is 2. The molecule has 3 aromatic heterocycles. The van der Waals surface area contributed by atoms with Gasteiger partial charge >= 0.3 is 5.69 Å². The largest absolute Gasteiger partial charge is 0.493 e. The molecule has 0 aromatic carbocycles. The van der Waals surface area contributed by atoms with Gasteiger partial charge in [-0.15, -0.1) is 0 Å². The first kappa shape index (κ1) is 19.2. The van der Waals surface area contributed by atoms with E-state index in [-0.39, 0.29) is 23.6 Å². The number of rotatable bonds is 7. The minimum Gasteiger partial charge on any atom is -0.493 e. The summed E-state index contributed by atoms with van der Waals surface area (Å²) < 4.78 is 1.65. The number of H-pyrrole nitrogens is 2. The van der Waals surface area contributed by atoms with Gasteiger partial charge in [0.05, 0.1) is 6.20 Å². The maximum atomic E-state index is 11.4. The van der Waals surface area contributed by atoms with E-state index in [0.29, 0.717) is 34.6 Å². The van der Waals surface area contributed by atoms with Gasteiger partial charge in [-0.25, -0.2) is 9.78 Å². The molecule has 1 aliphatic carbocycles. The highest BCUT2D eigenvalue weighted by atomic mass is 16.3. The van der Waals surface area contributed by atoms with Crippen molar-refractivity contribution in [2.45, 2.75) is 26.7 Å². The lowest BCUT2D eigenvalue weighted by Gasteiger charge is -2.22. The summed E-state index contributed by atoms with van der Waals surface area (Å²) in [7, 11) is 0. The van der Waals surface area contributed by atoms with E-state index in [2.05, 4.69) is 25.4 Å².